The number of rotatable bonds is 6. The number of anilines is 1. The molecule has 0 radical (unpaired) electrons. The van der Waals surface area contributed by atoms with Gasteiger partial charge >= 0.3 is 0 Å². The van der Waals surface area contributed by atoms with E-state index in [-0.39, 0.29) is 24.9 Å². The smallest absolute Gasteiger partial charge is 0.255 e. The SMILES string of the molecule is COc1ccc(-n2cnc3c2NC(=O)CC3c2cccc(OCC(N)=O)c2)cc1. The minimum Gasteiger partial charge on any atom is -0.497 e. The van der Waals surface area contributed by atoms with Crippen LogP contribution in [-0.4, -0.2) is 35.1 Å². The van der Waals surface area contributed by atoms with Gasteiger partial charge in [0.25, 0.3) is 5.91 Å². The van der Waals surface area contributed by atoms with Gasteiger partial charge in [-0.25, -0.2) is 4.98 Å². The molecule has 0 saturated heterocycles. The first kappa shape index (κ1) is 18.5. The Morgan fingerprint density at radius 1 is 1.24 bits per heavy atom. The third-order valence-electron chi connectivity index (χ3n) is 4.77. The van der Waals surface area contributed by atoms with Gasteiger partial charge in [-0.1, -0.05) is 12.1 Å². The Balaban J connectivity index is 1.68. The number of nitrogens with zero attached hydrogens (tertiary/aromatic N) is 2. The molecule has 1 unspecified atom stereocenters. The summed E-state index contributed by atoms with van der Waals surface area (Å²) in [6.07, 6.45) is 1.96. The lowest BCUT2D eigenvalue weighted by Gasteiger charge is -2.23. The molecular weight excluding hydrogens is 372 g/mol. The number of nitrogens with one attached hydrogen (secondary N) is 1. The molecule has 0 aliphatic carbocycles. The number of hydrogen-bond donors (Lipinski definition) is 2. The van der Waals surface area contributed by atoms with Gasteiger partial charge in [-0.3, -0.25) is 14.2 Å². The van der Waals surface area contributed by atoms with Gasteiger partial charge in [0.05, 0.1) is 12.8 Å². The molecule has 2 aromatic carbocycles. The molecule has 3 aromatic rings. The second-order valence-electron chi connectivity index (χ2n) is 6.68. The van der Waals surface area contributed by atoms with Crippen LogP contribution in [0, 0.1) is 0 Å². The lowest BCUT2D eigenvalue weighted by molar-refractivity contribution is -0.120. The van der Waals surface area contributed by atoms with Gasteiger partial charge in [0, 0.05) is 18.0 Å². The average molecular weight is 392 g/mol. The molecule has 1 aliphatic rings. The number of ether oxygens (including phenoxy) is 2. The highest BCUT2D eigenvalue weighted by Gasteiger charge is 2.31. The zero-order valence-corrected chi connectivity index (χ0v) is 15.8. The fourth-order valence-corrected chi connectivity index (χ4v) is 3.40. The highest BCUT2D eigenvalue weighted by atomic mass is 16.5. The van der Waals surface area contributed by atoms with Crippen LogP contribution in [0.3, 0.4) is 0 Å². The lowest BCUT2D eigenvalue weighted by Crippen LogP contribution is -2.25. The second kappa shape index (κ2) is 7.67. The van der Waals surface area contributed by atoms with Crippen LogP contribution in [-0.2, 0) is 9.59 Å². The molecule has 148 valence electrons. The summed E-state index contributed by atoms with van der Waals surface area (Å²) in [7, 11) is 1.61. The van der Waals surface area contributed by atoms with Crippen molar-refractivity contribution in [2.75, 3.05) is 19.0 Å². The summed E-state index contributed by atoms with van der Waals surface area (Å²) in [5.41, 5.74) is 7.65. The van der Waals surface area contributed by atoms with Crippen molar-refractivity contribution in [1.82, 2.24) is 9.55 Å². The maximum atomic E-state index is 12.4. The van der Waals surface area contributed by atoms with Gasteiger partial charge < -0.3 is 20.5 Å². The van der Waals surface area contributed by atoms with Crippen molar-refractivity contribution in [3.05, 3.63) is 66.1 Å². The Bertz CT molecular complexity index is 1060. The number of benzene rings is 2. The van der Waals surface area contributed by atoms with E-state index in [0.717, 1.165) is 22.7 Å². The molecule has 4 rings (SSSR count). The average Bonchev–Trinajstić information content (AvgIpc) is 3.15. The number of amides is 2. The number of methoxy groups -OCH3 is 1. The Morgan fingerprint density at radius 2 is 2.03 bits per heavy atom. The maximum Gasteiger partial charge on any atom is 0.255 e. The Hall–Kier alpha value is -3.81. The quantitative estimate of drug-likeness (QED) is 0.669. The van der Waals surface area contributed by atoms with E-state index in [9.17, 15) is 9.59 Å². The molecule has 1 aromatic heterocycles. The topological polar surface area (TPSA) is 108 Å². The van der Waals surface area contributed by atoms with Gasteiger partial charge in [-0.2, -0.15) is 0 Å². The van der Waals surface area contributed by atoms with Crippen molar-refractivity contribution >= 4 is 17.6 Å². The molecule has 2 amide bonds. The minimum atomic E-state index is -0.548. The van der Waals surface area contributed by atoms with Crippen molar-refractivity contribution in [1.29, 1.82) is 0 Å². The molecule has 0 bridgehead atoms. The maximum absolute atomic E-state index is 12.4. The number of fused-ring (bicyclic) bond motifs is 1. The molecular formula is C21H20N4O4. The zero-order chi connectivity index (χ0) is 20.4. The minimum absolute atomic E-state index is 0.0961. The predicted octanol–water partition coefficient (Wildman–Crippen LogP) is 2.22. The summed E-state index contributed by atoms with van der Waals surface area (Å²) in [5, 5.41) is 2.93. The van der Waals surface area contributed by atoms with Crippen molar-refractivity contribution < 1.29 is 19.1 Å². The highest BCUT2D eigenvalue weighted by molar-refractivity contribution is 5.94. The molecule has 3 N–H and O–H groups in total. The van der Waals surface area contributed by atoms with Gasteiger partial charge in [0.2, 0.25) is 5.91 Å². The van der Waals surface area contributed by atoms with E-state index < -0.39 is 5.91 Å². The Morgan fingerprint density at radius 3 is 2.76 bits per heavy atom. The number of nitrogens with two attached hydrogens (primary N) is 1. The van der Waals surface area contributed by atoms with Crippen LogP contribution in [0.25, 0.3) is 5.69 Å². The first-order valence-corrected chi connectivity index (χ1v) is 9.07. The summed E-state index contributed by atoms with van der Waals surface area (Å²) in [5.74, 6) is 1.03. The van der Waals surface area contributed by atoms with Crippen LogP contribution in [0.1, 0.15) is 23.6 Å². The molecule has 8 nitrogen and oxygen atoms in total. The standard InChI is InChI=1S/C21H20N4O4/c1-28-15-7-5-14(6-8-15)25-12-23-20-17(10-19(27)24-21(20)25)13-3-2-4-16(9-13)29-11-18(22)26/h2-9,12,17H,10-11H2,1H3,(H2,22,26)(H,24,27). The van der Waals surface area contributed by atoms with E-state index >= 15 is 0 Å². The van der Waals surface area contributed by atoms with Crippen LogP contribution >= 0.6 is 0 Å². The van der Waals surface area contributed by atoms with E-state index in [1.165, 1.54) is 0 Å². The normalized spacial score (nSPS) is 15.3. The molecule has 0 spiro atoms. The monoisotopic (exact) mass is 392 g/mol. The largest absolute Gasteiger partial charge is 0.497 e. The van der Waals surface area contributed by atoms with E-state index in [0.29, 0.717) is 11.6 Å². The number of carbonyl (C=O) groups excluding carboxylic acids is 2. The first-order valence-electron chi connectivity index (χ1n) is 9.07. The fourth-order valence-electron chi connectivity index (χ4n) is 3.40. The van der Waals surface area contributed by atoms with Gasteiger partial charge in [-0.15, -0.1) is 0 Å². The number of aromatic nitrogens is 2. The van der Waals surface area contributed by atoms with E-state index in [1.807, 2.05) is 47.0 Å². The fraction of sp³-hybridized carbons (Fsp3) is 0.190. The summed E-state index contributed by atoms with van der Waals surface area (Å²) >= 11 is 0. The predicted molar refractivity (Wildman–Crippen MR) is 106 cm³/mol. The summed E-state index contributed by atoms with van der Waals surface area (Å²) < 4.78 is 12.4. The summed E-state index contributed by atoms with van der Waals surface area (Å²) in [6.45, 7) is -0.202. The van der Waals surface area contributed by atoms with Crippen molar-refractivity contribution in [3.63, 3.8) is 0 Å². The number of hydrogen-bond acceptors (Lipinski definition) is 5. The van der Waals surface area contributed by atoms with Crippen LogP contribution in [0.4, 0.5) is 5.82 Å². The Labute approximate surface area is 167 Å². The zero-order valence-electron chi connectivity index (χ0n) is 15.8. The van der Waals surface area contributed by atoms with Crippen molar-refractivity contribution in [2.24, 2.45) is 5.73 Å². The third-order valence-corrected chi connectivity index (χ3v) is 4.77. The molecule has 2 heterocycles. The van der Waals surface area contributed by atoms with Crippen molar-refractivity contribution in [3.8, 4) is 17.2 Å². The Kier molecular flexibility index (Phi) is 4.90. The molecule has 8 heteroatoms. The molecule has 29 heavy (non-hydrogen) atoms. The van der Waals surface area contributed by atoms with E-state index in [1.54, 1.807) is 19.5 Å². The van der Waals surface area contributed by atoms with Crippen LogP contribution < -0.4 is 20.5 Å². The molecule has 1 atom stereocenters. The van der Waals surface area contributed by atoms with Gasteiger partial charge in [-0.05, 0) is 42.0 Å². The lowest BCUT2D eigenvalue weighted by atomic mass is 9.89. The molecule has 1 aliphatic heterocycles. The number of carbonyl (C=O) groups is 2. The molecule has 0 fully saturated rings. The summed E-state index contributed by atoms with van der Waals surface area (Å²) in [4.78, 5) is 28.0. The number of primary amides is 1. The van der Waals surface area contributed by atoms with Crippen LogP contribution in [0.15, 0.2) is 54.9 Å². The second-order valence-corrected chi connectivity index (χ2v) is 6.68. The molecule has 0 saturated carbocycles. The third kappa shape index (κ3) is 3.77. The highest BCUT2D eigenvalue weighted by Crippen LogP contribution is 2.38. The van der Waals surface area contributed by atoms with Crippen molar-refractivity contribution in [2.45, 2.75) is 12.3 Å². The van der Waals surface area contributed by atoms with E-state index in [2.05, 4.69) is 10.3 Å². The van der Waals surface area contributed by atoms with Crippen LogP contribution in [0.5, 0.6) is 11.5 Å². The van der Waals surface area contributed by atoms with Gasteiger partial charge in [0.15, 0.2) is 6.61 Å². The number of imidazole rings is 1. The van der Waals surface area contributed by atoms with E-state index in [4.69, 9.17) is 15.2 Å². The van der Waals surface area contributed by atoms with Crippen LogP contribution in [0.2, 0.25) is 0 Å². The first-order chi connectivity index (χ1) is 14.0. The summed E-state index contributed by atoms with van der Waals surface area (Å²) in [6, 6.07) is 14.8. The van der Waals surface area contributed by atoms with Gasteiger partial charge in [0.1, 0.15) is 23.6 Å².